The molecule has 1 atom stereocenters. The average Bonchev–Trinajstić information content (AvgIpc) is 2.82. The number of rotatable bonds is 8. The number of aryl methyl sites for hydroxylation is 1. The third-order valence-electron chi connectivity index (χ3n) is 5.19. The molecule has 0 saturated heterocycles. The summed E-state index contributed by atoms with van der Waals surface area (Å²) in [6.45, 7) is 3.21. The van der Waals surface area contributed by atoms with E-state index in [4.69, 9.17) is 4.74 Å². The fraction of sp³-hybridized carbons (Fsp3) is 0.280. The zero-order chi connectivity index (χ0) is 25.6. The van der Waals surface area contributed by atoms with E-state index < -0.39 is 40.7 Å². The van der Waals surface area contributed by atoms with Gasteiger partial charge in [-0.1, -0.05) is 36.4 Å². The molecule has 0 aliphatic carbocycles. The summed E-state index contributed by atoms with van der Waals surface area (Å²) in [7, 11) is 0. The number of amides is 1. The number of nitrogens with zero attached hydrogens (tertiary/aromatic N) is 2. The molecule has 0 aliphatic heterocycles. The predicted molar refractivity (Wildman–Crippen MR) is 122 cm³/mol. The Labute approximate surface area is 199 Å². The third kappa shape index (κ3) is 6.56. The number of benzene rings is 2. The molecule has 184 valence electrons. The molecular formula is C25H24F3N3O4. The summed E-state index contributed by atoms with van der Waals surface area (Å²) in [5, 5.41) is 6.55. The lowest BCUT2D eigenvalue weighted by Crippen LogP contribution is -2.38. The van der Waals surface area contributed by atoms with Gasteiger partial charge in [-0.25, -0.2) is 4.68 Å². The Morgan fingerprint density at radius 3 is 2.46 bits per heavy atom. The Morgan fingerprint density at radius 1 is 1.09 bits per heavy atom. The largest absolute Gasteiger partial charge is 0.466 e. The molecule has 0 aliphatic rings. The number of halogens is 3. The van der Waals surface area contributed by atoms with Crippen LogP contribution in [0.2, 0.25) is 0 Å². The molecule has 0 saturated carbocycles. The lowest BCUT2D eigenvalue weighted by atomic mass is 9.99. The fourth-order valence-electron chi connectivity index (χ4n) is 3.48. The normalized spacial score (nSPS) is 12.1. The summed E-state index contributed by atoms with van der Waals surface area (Å²) in [4.78, 5) is 37.7. The van der Waals surface area contributed by atoms with Gasteiger partial charge in [0.1, 0.15) is 0 Å². The highest BCUT2D eigenvalue weighted by Gasteiger charge is 2.31. The standard InChI is InChI=1S/C25H24F3N3O4/c1-3-35-24(34)18(13-17-8-5-4-6-9-17)15-29-23(33)22-21(32)12-16(2)31(30-22)20-11-7-10-19(14-20)25(26,27)28/h4-12,14,18H,3,13,15H2,1-2H3,(H,29,33). The molecule has 1 heterocycles. The predicted octanol–water partition coefficient (Wildman–Crippen LogP) is 3.71. The van der Waals surface area contributed by atoms with Crippen LogP contribution in [0, 0.1) is 12.8 Å². The summed E-state index contributed by atoms with van der Waals surface area (Å²) in [6.07, 6.45) is -4.26. The minimum atomic E-state index is -4.57. The number of aromatic nitrogens is 2. The van der Waals surface area contributed by atoms with Crippen LogP contribution in [0.25, 0.3) is 5.69 Å². The van der Waals surface area contributed by atoms with Crippen molar-refractivity contribution in [3.63, 3.8) is 0 Å². The number of hydrogen-bond acceptors (Lipinski definition) is 5. The number of hydrogen-bond donors (Lipinski definition) is 1. The molecule has 0 radical (unpaired) electrons. The number of carbonyl (C=O) groups excluding carboxylic acids is 2. The maximum Gasteiger partial charge on any atom is 0.416 e. The van der Waals surface area contributed by atoms with E-state index in [9.17, 15) is 27.6 Å². The van der Waals surface area contributed by atoms with Gasteiger partial charge in [-0.05, 0) is 44.0 Å². The van der Waals surface area contributed by atoms with Crippen LogP contribution in [0.5, 0.6) is 0 Å². The van der Waals surface area contributed by atoms with E-state index in [1.54, 1.807) is 6.92 Å². The molecule has 0 bridgehead atoms. The molecule has 0 fully saturated rings. The van der Waals surface area contributed by atoms with E-state index in [2.05, 4.69) is 10.4 Å². The van der Waals surface area contributed by atoms with Crippen LogP contribution < -0.4 is 10.7 Å². The quantitative estimate of drug-likeness (QED) is 0.490. The summed E-state index contributed by atoms with van der Waals surface area (Å²) in [5.74, 6) is -2.06. The topological polar surface area (TPSA) is 90.3 Å². The van der Waals surface area contributed by atoms with Gasteiger partial charge in [-0.3, -0.25) is 14.4 Å². The first-order valence-electron chi connectivity index (χ1n) is 10.9. The molecule has 1 N–H and O–H groups in total. The Bertz CT molecular complexity index is 1260. The summed E-state index contributed by atoms with van der Waals surface area (Å²) >= 11 is 0. The van der Waals surface area contributed by atoms with E-state index in [1.807, 2.05) is 30.3 Å². The first-order valence-corrected chi connectivity index (χ1v) is 10.9. The average molecular weight is 487 g/mol. The first-order chi connectivity index (χ1) is 16.6. The van der Waals surface area contributed by atoms with Crippen LogP contribution in [-0.2, 0) is 22.1 Å². The van der Waals surface area contributed by atoms with Crippen LogP contribution in [0.4, 0.5) is 13.2 Å². The zero-order valence-electron chi connectivity index (χ0n) is 19.1. The number of nitrogens with one attached hydrogen (secondary N) is 1. The van der Waals surface area contributed by atoms with Gasteiger partial charge >= 0.3 is 12.1 Å². The Balaban J connectivity index is 1.84. The maximum atomic E-state index is 13.1. The first kappa shape index (κ1) is 25.7. The van der Waals surface area contributed by atoms with Crippen LogP contribution in [0.1, 0.15) is 34.2 Å². The van der Waals surface area contributed by atoms with Gasteiger partial charge in [-0.15, -0.1) is 0 Å². The molecule has 7 nitrogen and oxygen atoms in total. The molecule has 1 aromatic heterocycles. The molecule has 1 amide bonds. The van der Waals surface area contributed by atoms with Crippen molar-refractivity contribution >= 4 is 11.9 Å². The number of esters is 1. The van der Waals surface area contributed by atoms with Crippen LogP contribution in [0.15, 0.2) is 65.5 Å². The van der Waals surface area contributed by atoms with Crippen molar-refractivity contribution in [3.8, 4) is 5.69 Å². The Morgan fingerprint density at radius 2 is 1.80 bits per heavy atom. The SMILES string of the molecule is CCOC(=O)C(CNC(=O)c1nn(-c2cccc(C(F)(F)F)c2)c(C)cc1=O)Cc1ccccc1. The van der Waals surface area contributed by atoms with Crippen molar-refractivity contribution in [2.24, 2.45) is 5.92 Å². The molecular weight excluding hydrogens is 463 g/mol. The van der Waals surface area contributed by atoms with Crippen molar-refractivity contribution in [1.82, 2.24) is 15.1 Å². The molecule has 2 aromatic carbocycles. The van der Waals surface area contributed by atoms with E-state index in [0.717, 1.165) is 28.4 Å². The van der Waals surface area contributed by atoms with Gasteiger partial charge in [0.25, 0.3) is 5.91 Å². The van der Waals surface area contributed by atoms with Crippen LogP contribution in [-0.4, -0.2) is 34.8 Å². The second-order valence-corrected chi connectivity index (χ2v) is 7.81. The fourth-order valence-corrected chi connectivity index (χ4v) is 3.48. The summed E-state index contributed by atoms with van der Waals surface area (Å²) < 4.78 is 45.6. The van der Waals surface area contributed by atoms with Gasteiger partial charge in [0.05, 0.1) is 23.8 Å². The summed E-state index contributed by atoms with van der Waals surface area (Å²) in [6, 6.07) is 14.7. The Hall–Kier alpha value is -3.95. The van der Waals surface area contributed by atoms with Crippen molar-refractivity contribution in [2.45, 2.75) is 26.4 Å². The van der Waals surface area contributed by atoms with E-state index >= 15 is 0 Å². The van der Waals surface area contributed by atoms with E-state index in [-0.39, 0.29) is 24.5 Å². The van der Waals surface area contributed by atoms with Crippen molar-refractivity contribution < 1.29 is 27.5 Å². The third-order valence-corrected chi connectivity index (χ3v) is 5.19. The monoisotopic (exact) mass is 487 g/mol. The molecule has 10 heteroatoms. The lowest BCUT2D eigenvalue weighted by Gasteiger charge is -2.17. The molecule has 35 heavy (non-hydrogen) atoms. The number of ether oxygens (including phenoxy) is 1. The molecule has 1 unspecified atom stereocenters. The lowest BCUT2D eigenvalue weighted by molar-refractivity contribution is -0.147. The van der Waals surface area contributed by atoms with Crippen molar-refractivity contribution in [3.05, 3.63) is 93.4 Å². The molecule has 0 spiro atoms. The molecule has 3 rings (SSSR count). The molecule has 3 aromatic rings. The van der Waals surface area contributed by atoms with Crippen LogP contribution in [0.3, 0.4) is 0 Å². The smallest absolute Gasteiger partial charge is 0.416 e. The second kappa shape index (κ2) is 11.0. The number of alkyl halides is 3. The van der Waals surface area contributed by atoms with E-state index in [1.165, 1.54) is 19.1 Å². The highest BCUT2D eigenvalue weighted by molar-refractivity contribution is 5.92. The van der Waals surface area contributed by atoms with Gasteiger partial charge in [0.15, 0.2) is 5.69 Å². The zero-order valence-corrected chi connectivity index (χ0v) is 19.1. The second-order valence-electron chi connectivity index (χ2n) is 7.81. The van der Waals surface area contributed by atoms with E-state index in [0.29, 0.717) is 6.42 Å². The minimum Gasteiger partial charge on any atom is -0.466 e. The Kier molecular flexibility index (Phi) is 8.06. The highest BCUT2D eigenvalue weighted by Crippen LogP contribution is 2.30. The van der Waals surface area contributed by atoms with Gasteiger partial charge < -0.3 is 10.1 Å². The van der Waals surface area contributed by atoms with Crippen molar-refractivity contribution in [1.29, 1.82) is 0 Å². The van der Waals surface area contributed by atoms with Gasteiger partial charge in [0, 0.05) is 18.3 Å². The van der Waals surface area contributed by atoms with Gasteiger partial charge in [0.2, 0.25) is 5.43 Å². The minimum absolute atomic E-state index is 0.0415. The highest BCUT2D eigenvalue weighted by atomic mass is 19.4. The van der Waals surface area contributed by atoms with Gasteiger partial charge in [-0.2, -0.15) is 18.3 Å². The number of carbonyl (C=O) groups is 2. The summed E-state index contributed by atoms with van der Waals surface area (Å²) in [5.41, 5.74) is -0.937. The van der Waals surface area contributed by atoms with Crippen LogP contribution >= 0.6 is 0 Å². The maximum absolute atomic E-state index is 13.1. The van der Waals surface area contributed by atoms with Crippen molar-refractivity contribution in [2.75, 3.05) is 13.2 Å².